The van der Waals surface area contributed by atoms with Crippen LogP contribution in [-0.2, 0) is 4.79 Å². The minimum Gasteiger partial charge on any atom is -0.481 e. The van der Waals surface area contributed by atoms with Crippen LogP contribution in [0.5, 0.6) is 0 Å². The quantitative estimate of drug-likeness (QED) is 0.842. The van der Waals surface area contributed by atoms with Crippen molar-refractivity contribution in [2.75, 3.05) is 18.5 Å². The molecule has 0 radical (unpaired) electrons. The summed E-state index contributed by atoms with van der Waals surface area (Å²) in [6, 6.07) is 5.59. The van der Waals surface area contributed by atoms with Crippen LogP contribution >= 0.6 is 0 Å². The number of carbonyl (C=O) groups is 2. The summed E-state index contributed by atoms with van der Waals surface area (Å²) in [4.78, 5) is 23.5. The number of carboxylic acid groups (broad SMARTS) is 1. The Morgan fingerprint density at radius 2 is 2.05 bits per heavy atom. The standard InChI is InChI=1S/C14H19FN2O3/c1-10(7-8-13(18)19)9-16-14(20)17(2)12-6-4-3-5-11(12)15/h3-6,10H,7-9H2,1-2H3,(H,16,20)(H,18,19). The van der Waals surface area contributed by atoms with Gasteiger partial charge >= 0.3 is 12.0 Å². The summed E-state index contributed by atoms with van der Waals surface area (Å²) in [7, 11) is 1.48. The van der Waals surface area contributed by atoms with E-state index >= 15 is 0 Å². The van der Waals surface area contributed by atoms with Gasteiger partial charge in [-0.2, -0.15) is 0 Å². The highest BCUT2D eigenvalue weighted by molar-refractivity contribution is 5.91. The third-order valence-corrected chi connectivity index (χ3v) is 2.97. The second-order valence-electron chi connectivity index (χ2n) is 4.73. The average molecular weight is 282 g/mol. The van der Waals surface area contributed by atoms with Gasteiger partial charge in [-0.05, 0) is 24.5 Å². The Morgan fingerprint density at radius 3 is 2.65 bits per heavy atom. The summed E-state index contributed by atoms with van der Waals surface area (Å²) in [5.74, 6) is -1.28. The number of anilines is 1. The average Bonchev–Trinajstić information content (AvgIpc) is 2.42. The Hall–Kier alpha value is -2.11. The van der Waals surface area contributed by atoms with Crippen molar-refractivity contribution < 1.29 is 19.1 Å². The molecule has 0 saturated carbocycles. The van der Waals surface area contributed by atoms with E-state index in [-0.39, 0.29) is 18.0 Å². The number of nitrogens with zero attached hydrogens (tertiary/aromatic N) is 1. The smallest absolute Gasteiger partial charge is 0.321 e. The molecular formula is C14H19FN2O3. The molecule has 1 aromatic rings. The molecule has 1 rings (SSSR count). The van der Waals surface area contributed by atoms with E-state index in [1.165, 1.54) is 24.1 Å². The predicted octanol–water partition coefficient (Wildman–Crippen LogP) is 2.47. The Balaban J connectivity index is 2.47. The van der Waals surface area contributed by atoms with Gasteiger partial charge in [0.25, 0.3) is 0 Å². The Kier molecular flexibility index (Phi) is 5.96. The van der Waals surface area contributed by atoms with Gasteiger partial charge in [0.2, 0.25) is 0 Å². The van der Waals surface area contributed by atoms with Gasteiger partial charge in [0, 0.05) is 20.0 Å². The highest BCUT2D eigenvalue weighted by Crippen LogP contribution is 2.17. The number of rotatable bonds is 6. The highest BCUT2D eigenvalue weighted by atomic mass is 19.1. The maximum Gasteiger partial charge on any atom is 0.321 e. The zero-order chi connectivity index (χ0) is 15.1. The molecule has 0 aliphatic heterocycles. The second kappa shape index (κ2) is 7.47. The van der Waals surface area contributed by atoms with Crippen LogP contribution in [0, 0.1) is 11.7 Å². The summed E-state index contributed by atoms with van der Waals surface area (Å²) in [5.41, 5.74) is 0.197. The van der Waals surface area contributed by atoms with Crippen molar-refractivity contribution in [2.45, 2.75) is 19.8 Å². The number of urea groups is 1. The Morgan fingerprint density at radius 1 is 1.40 bits per heavy atom. The monoisotopic (exact) mass is 282 g/mol. The second-order valence-corrected chi connectivity index (χ2v) is 4.73. The molecule has 6 heteroatoms. The van der Waals surface area contributed by atoms with Gasteiger partial charge in [-0.25, -0.2) is 9.18 Å². The fraction of sp³-hybridized carbons (Fsp3) is 0.429. The molecule has 110 valence electrons. The van der Waals surface area contributed by atoms with Gasteiger partial charge in [-0.1, -0.05) is 19.1 Å². The normalized spacial score (nSPS) is 11.8. The molecule has 20 heavy (non-hydrogen) atoms. The molecule has 1 atom stereocenters. The van der Waals surface area contributed by atoms with E-state index < -0.39 is 17.8 Å². The number of para-hydroxylation sites is 1. The number of amides is 2. The number of halogens is 1. The summed E-state index contributed by atoms with van der Waals surface area (Å²) in [5, 5.41) is 11.2. The number of benzene rings is 1. The van der Waals surface area contributed by atoms with Gasteiger partial charge in [-0.3, -0.25) is 9.69 Å². The number of aliphatic carboxylic acids is 1. The first-order chi connectivity index (χ1) is 9.41. The number of carboxylic acids is 1. The van der Waals surface area contributed by atoms with Crippen molar-refractivity contribution in [3.63, 3.8) is 0 Å². The zero-order valence-corrected chi connectivity index (χ0v) is 11.6. The van der Waals surface area contributed by atoms with Gasteiger partial charge in [0.1, 0.15) is 5.82 Å². The molecule has 0 spiro atoms. The van der Waals surface area contributed by atoms with Crippen LogP contribution < -0.4 is 10.2 Å². The van der Waals surface area contributed by atoms with Crippen LogP contribution in [0.25, 0.3) is 0 Å². The maximum atomic E-state index is 13.5. The molecular weight excluding hydrogens is 263 g/mol. The third kappa shape index (κ3) is 4.87. The van der Waals surface area contributed by atoms with E-state index in [0.717, 1.165) is 0 Å². The first-order valence-corrected chi connectivity index (χ1v) is 6.39. The van der Waals surface area contributed by atoms with E-state index in [4.69, 9.17) is 5.11 Å². The number of hydrogen-bond acceptors (Lipinski definition) is 2. The van der Waals surface area contributed by atoms with Crippen molar-refractivity contribution in [1.29, 1.82) is 0 Å². The van der Waals surface area contributed by atoms with E-state index in [1.54, 1.807) is 12.1 Å². The zero-order valence-electron chi connectivity index (χ0n) is 11.6. The summed E-state index contributed by atoms with van der Waals surface area (Å²) >= 11 is 0. The van der Waals surface area contributed by atoms with Crippen LogP contribution in [0.3, 0.4) is 0 Å². The highest BCUT2D eigenvalue weighted by Gasteiger charge is 2.15. The molecule has 0 saturated heterocycles. The predicted molar refractivity (Wildman–Crippen MR) is 74.2 cm³/mol. The summed E-state index contributed by atoms with van der Waals surface area (Å²) in [6.45, 7) is 2.21. The lowest BCUT2D eigenvalue weighted by atomic mass is 10.1. The molecule has 0 fully saturated rings. The molecule has 0 aliphatic rings. The van der Waals surface area contributed by atoms with E-state index in [1.807, 2.05) is 6.92 Å². The van der Waals surface area contributed by atoms with Crippen molar-refractivity contribution >= 4 is 17.7 Å². The lowest BCUT2D eigenvalue weighted by Gasteiger charge is -2.20. The summed E-state index contributed by atoms with van der Waals surface area (Å²) in [6.07, 6.45) is 0.555. The molecule has 1 unspecified atom stereocenters. The van der Waals surface area contributed by atoms with Crippen molar-refractivity contribution in [2.24, 2.45) is 5.92 Å². The third-order valence-electron chi connectivity index (χ3n) is 2.97. The number of hydrogen-bond donors (Lipinski definition) is 2. The van der Waals surface area contributed by atoms with Crippen LogP contribution in [0.2, 0.25) is 0 Å². The van der Waals surface area contributed by atoms with Crippen LogP contribution in [0.4, 0.5) is 14.9 Å². The molecule has 5 nitrogen and oxygen atoms in total. The minimum atomic E-state index is -0.855. The van der Waals surface area contributed by atoms with Crippen LogP contribution in [0.1, 0.15) is 19.8 Å². The number of carbonyl (C=O) groups excluding carboxylic acids is 1. The molecule has 0 heterocycles. The van der Waals surface area contributed by atoms with Crippen LogP contribution in [-0.4, -0.2) is 30.7 Å². The van der Waals surface area contributed by atoms with Crippen molar-refractivity contribution in [3.05, 3.63) is 30.1 Å². The topological polar surface area (TPSA) is 69.6 Å². The van der Waals surface area contributed by atoms with Crippen LogP contribution in [0.15, 0.2) is 24.3 Å². The fourth-order valence-electron chi connectivity index (χ4n) is 1.69. The van der Waals surface area contributed by atoms with Gasteiger partial charge in [0.05, 0.1) is 5.69 Å². The molecule has 1 aromatic carbocycles. The van der Waals surface area contributed by atoms with Gasteiger partial charge in [-0.15, -0.1) is 0 Å². The lowest BCUT2D eigenvalue weighted by molar-refractivity contribution is -0.137. The van der Waals surface area contributed by atoms with E-state index in [0.29, 0.717) is 13.0 Å². The van der Waals surface area contributed by atoms with Gasteiger partial charge < -0.3 is 10.4 Å². The van der Waals surface area contributed by atoms with Gasteiger partial charge in [0.15, 0.2) is 0 Å². The summed E-state index contributed by atoms with van der Waals surface area (Å²) < 4.78 is 13.5. The largest absolute Gasteiger partial charge is 0.481 e. The molecule has 0 aromatic heterocycles. The Labute approximate surface area is 117 Å². The molecule has 0 bridgehead atoms. The van der Waals surface area contributed by atoms with E-state index in [2.05, 4.69) is 5.32 Å². The Bertz CT molecular complexity index is 479. The van der Waals surface area contributed by atoms with Crippen molar-refractivity contribution in [1.82, 2.24) is 5.32 Å². The molecule has 0 aliphatic carbocycles. The first kappa shape index (κ1) is 15.9. The molecule has 2 amide bonds. The maximum absolute atomic E-state index is 13.5. The molecule has 2 N–H and O–H groups in total. The van der Waals surface area contributed by atoms with E-state index in [9.17, 15) is 14.0 Å². The fourth-order valence-corrected chi connectivity index (χ4v) is 1.69. The minimum absolute atomic E-state index is 0.0454. The first-order valence-electron chi connectivity index (χ1n) is 6.39. The number of nitrogens with one attached hydrogen (secondary N) is 1. The van der Waals surface area contributed by atoms with Crippen molar-refractivity contribution in [3.8, 4) is 0 Å². The lowest BCUT2D eigenvalue weighted by Crippen LogP contribution is -2.39. The SMILES string of the molecule is CC(CCC(=O)O)CNC(=O)N(C)c1ccccc1F.